The summed E-state index contributed by atoms with van der Waals surface area (Å²) in [6, 6.07) is 0.634. The number of aliphatic hydroxyl groups is 1. The lowest BCUT2D eigenvalue weighted by atomic mass is 10.4. The summed E-state index contributed by atoms with van der Waals surface area (Å²) in [5, 5.41) is 18.8. The predicted octanol–water partition coefficient (Wildman–Crippen LogP) is 0.0660. The van der Waals surface area contributed by atoms with E-state index in [0.29, 0.717) is 6.04 Å². The maximum absolute atomic E-state index is 9.45. The summed E-state index contributed by atoms with van der Waals surface area (Å²) in [4.78, 5) is 9.45. The Morgan fingerprint density at radius 1 is 1.36 bits per heavy atom. The minimum absolute atomic E-state index is 0.634. The number of rotatable bonds is 2. The number of nitrogens with one attached hydrogen (secondary N) is 1. The van der Waals surface area contributed by atoms with Gasteiger partial charge >= 0.3 is 5.97 Å². The van der Waals surface area contributed by atoms with Crippen molar-refractivity contribution in [3.8, 4) is 0 Å². The summed E-state index contributed by atoms with van der Waals surface area (Å²) in [5.74, 6) is -1.19. The van der Waals surface area contributed by atoms with Crippen molar-refractivity contribution in [3.63, 3.8) is 0 Å². The van der Waals surface area contributed by atoms with E-state index < -0.39 is 12.1 Å². The average Bonchev–Trinajstić information content (AvgIpc) is 1.89. The molecule has 0 spiro atoms. The van der Waals surface area contributed by atoms with Crippen molar-refractivity contribution in [3.05, 3.63) is 0 Å². The number of carbonyl (C=O) groups is 1. The molecular formula is C7H17NO3. The van der Waals surface area contributed by atoms with Gasteiger partial charge in [0.15, 0.2) is 0 Å². The smallest absolute Gasteiger partial charge is 0.332 e. The Bertz CT molecular complexity index is 102. The van der Waals surface area contributed by atoms with Gasteiger partial charge in [0, 0.05) is 6.04 Å². The number of carboxylic acid groups (broad SMARTS) is 1. The third kappa shape index (κ3) is 17.7. The average molecular weight is 163 g/mol. The van der Waals surface area contributed by atoms with E-state index in [1.165, 1.54) is 6.92 Å². The van der Waals surface area contributed by atoms with E-state index in [2.05, 4.69) is 19.2 Å². The lowest BCUT2D eigenvalue weighted by Gasteiger charge is -1.95. The van der Waals surface area contributed by atoms with Crippen LogP contribution in [0.5, 0.6) is 0 Å². The lowest BCUT2D eigenvalue weighted by Crippen LogP contribution is -2.15. The highest BCUT2D eigenvalue weighted by molar-refractivity contribution is 5.71. The fraction of sp³-hybridized carbons (Fsp3) is 0.857. The van der Waals surface area contributed by atoms with Crippen molar-refractivity contribution >= 4 is 5.97 Å². The molecule has 0 heterocycles. The van der Waals surface area contributed by atoms with Gasteiger partial charge in [-0.05, 0) is 14.0 Å². The Labute approximate surface area is 67.2 Å². The molecule has 0 saturated heterocycles. The van der Waals surface area contributed by atoms with Crippen LogP contribution >= 0.6 is 0 Å². The Morgan fingerprint density at radius 2 is 1.55 bits per heavy atom. The van der Waals surface area contributed by atoms with Gasteiger partial charge in [-0.3, -0.25) is 0 Å². The highest BCUT2D eigenvalue weighted by atomic mass is 16.4. The van der Waals surface area contributed by atoms with E-state index in [9.17, 15) is 4.79 Å². The summed E-state index contributed by atoms with van der Waals surface area (Å²) < 4.78 is 0. The monoisotopic (exact) mass is 163 g/mol. The normalized spacial score (nSPS) is 11.8. The molecule has 1 atom stereocenters. The Kier molecular flexibility index (Phi) is 8.87. The van der Waals surface area contributed by atoms with Crippen molar-refractivity contribution < 1.29 is 15.0 Å². The molecule has 11 heavy (non-hydrogen) atoms. The molecule has 0 bridgehead atoms. The predicted molar refractivity (Wildman–Crippen MR) is 43.5 cm³/mol. The molecule has 0 aromatic rings. The molecule has 0 aliphatic carbocycles. The summed E-state index contributed by atoms with van der Waals surface area (Å²) in [6.45, 7) is 5.42. The van der Waals surface area contributed by atoms with Gasteiger partial charge in [-0.1, -0.05) is 13.8 Å². The standard InChI is InChI=1S/C4H11N.C3H6O3/c1-4(2)5-3;1-2(4)3(5)6/h4-5H,1-3H3;2,4H,1H3,(H,5,6). The highest BCUT2D eigenvalue weighted by Crippen LogP contribution is 1.73. The SMILES string of the molecule is CC(O)C(=O)O.CNC(C)C. The van der Waals surface area contributed by atoms with E-state index in [-0.39, 0.29) is 0 Å². The molecule has 68 valence electrons. The second kappa shape index (κ2) is 7.50. The van der Waals surface area contributed by atoms with Crippen LogP contribution in [-0.4, -0.2) is 35.4 Å². The van der Waals surface area contributed by atoms with Gasteiger partial charge in [0.1, 0.15) is 6.10 Å². The molecule has 1 unspecified atom stereocenters. The quantitative estimate of drug-likeness (QED) is 0.538. The van der Waals surface area contributed by atoms with E-state index in [0.717, 1.165) is 0 Å². The first-order chi connectivity index (χ1) is 4.91. The van der Waals surface area contributed by atoms with Gasteiger partial charge in [-0.2, -0.15) is 0 Å². The minimum atomic E-state index is -1.23. The van der Waals surface area contributed by atoms with Gasteiger partial charge in [-0.25, -0.2) is 4.79 Å². The number of aliphatic carboxylic acids is 1. The van der Waals surface area contributed by atoms with Crippen molar-refractivity contribution in [1.82, 2.24) is 5.32 Å². The van der Waals surface area contributed by atoms with Crippen LogP contribution in [0, 0.1) is 0 Å². The van der Waals surface area contributed by atoms with Gasteiger partial charge < -0.3 is 15.5 Å². The largest absolute Gasteiger partial charge is 0.479 e. The molecule has 0 rings (SSSR count). The van der Waals surface area contributed by atoms with Crippen molar-refractivity contribution in [2.24, 2.45) is 0 Å². The van der Waals surface area contributed by atoms with E-state index >= 15 is 0 Å². The van der Waals surface area contributed by atoms with Gasteiger partial charge in [-0.15, -0.1) is 0 Å². The molecule has 0 fully saturated rings. The number of carboxylic acids is 1. The fourth-order valence-electron chi connectivity index (χ4n) is 0. The third-order valence-electron chi connectivity index (χ3n) is 0.935. The molecule has 0 aromatic carbocycles. The lowest BCUT2D eigenvalue weighted by molar-refractivity contribution is -0.145. The van der Waals surface area contributed by atoms with E-state index in [4.69, 9.17) is 10.2 Å². The Hall–Kier alpha value is -0.610. The number of hydrogen-bond donors (Lipinski definition) is 3. The summed E-state index contributed by atoms with van der Waals surface area (Å²) in [7, 11) is 1.95. The Morgan fingerprint density at radius 3 is 1.55 bits per heavy atom. The Balaban J connectivity index is 0. The van der Waals surface area contributed by atoms with E-state index in [1.807, 2.05) is 7.05 Å². The van der Waals surface area contributed by atoms with Gasteiger partial charge in [0.25, 0.3) is 0 Å². The summed E-state index contributed by atoms with van der Waals surface area (Å²) in [6.07, 6.45) is -1.23. The molecule has 3 N–H and O–H groups in total. The van der Waals surface area contributed by atoms with Crippen molar-refractivity contribution in [1.29, 1.82) is 0 Å². The molecule has 0 aromatic heterocycles. The zero-order valence-corrected chi connectivity index (χ0v) is 7.46. The number of aliphatic hydroxyl groups excluding tert-OH is 1. The van der Waals surface area contributed by atoms with Crippen molar-refractivity contribution in [2.75, 3.05) is 7.05 Å². The second-order valence-corrected chi connectivity index (χ2v) is 2.46. The maximum atomic E-state index is 9.45. The molecule has 0 saturated carbocycles. The van der Waals surface area contributed by atoms with Crippen LogP contribution < -0.4 is 5.32 Å². The fourth-order valence-corrected chi connectivity index (χ4v) is 0. The van der Waals surface area contributed by atoms with Crippen LogP contribution in [-0.2, 0) is 4.79 Å². The summed E-state index contributed by atoms with van der Waals surface area (Å²) in [5.41, 5.74) is 0. The maximum Gasteiger partial charge on any atom is 0.332 e. The number of hydrogen-bond acceptors (Lipinski definition) is 3. The van der Waals surface area contributed by atoms with Gasteiger partial charge in [0.05, 0.1) is 0 Å². The first-order valence-corrected chi connectivity index (χ1v) is 3.50. The van der Waals surface area contributed by atoms with Crippen LogP contribution in [0.1, 0.15) is 20.8 Å². The molecular weight excluding hydrogens is 146 g/mol. The zero-order valence-electron chi connectivity index (χ0n) is 7.46. The molecule has 0 radical (unpaired) electrons. The molecule has 0 amide bonds. The van der Waals surface area contributed by atoms with Gasteiger partial charge in [0.2, 0.25) is 0 Å². The summed E-state index contributed by atoms with van der Waals surface area (Å²) >= 11 is 0. The molecule has 0 aliphatic rings. The highest BCUT2D eigenvalue weighted by Gasteiger charge is 2.01. The first kappa shape index (κ1) is 13.0. The van der Waals surface area contributed by atoms with Crippen LogP contribution in [0.15, 0.2) is 0 Å². The van der Waals surface area contributed by atoms with Crippen LogP contribution in [0.2, 0.25) is 0 Å². The van der Waals surface area contributed by atoms with Crippen molar-refractivity contribution in [2.45, 2.75) is 32.9 Å². The zero-order chi connectivity index (χ0) is 9.44. The molecule has 0 aliphatic heterocycles. The topological polar surface area (TPSA) is 69.6 Å². The van der Waals surface area contributed by atoms with Crippen LogP contribution in [0.25, 0.3) is 0 Å². The minimum Gasteiger partial charge on any atom is -0.479 e. The van der Waals surface area contributed by atoms with E-state index in [1.54, 1.807) is 0 Å². The third-order valence-corrected chi connectivity index (χ3v) is 0.935. The molecule has 4 heteroatoms. The first-order valence-electron chi connectivity index (χ1n) is 3.50. The molecule has 4 nitrogen and oxygen atoms in total. The van der Waals surface area contributed by atoms with Crippen LogP contribution in [0.3, 0.4) is 0 Å². The van der Waals surface area contributed by atoms with Crippen LogP contribution in [0.4, 0.5) is 0 Å². The second-order valence-electron chi connectivity index (χ2n) is 2.46.